The first-order chi connectivity index (χ1) is 6.35. The van der Waals surface area contributed by atoms with Gasteiger partial charge in [0.2, 0.25) is 0 Å². The summed E-state index contributed by atoms with van der Waals surface area (Å²) >= 11 is 0. The van der Waals surface area contributed by atoms with Crippen LogP contribution in [0.1, 0.15) is 31.9 Å². The molecule has 1 saturated carbocycles. The number of nitrogens with zero attached hydrogens (tertiary/aromatic N) is 1. The number of hydrogen-bond acceptors (Lipinski definition) is 2. The summed E-state index contributed by atoms with van der Waals surface area (Å²) in [5.41, 5.74) is 1.81. The first-order valence-electron chi connectivity index (χ1n) is 5.03. The minimum atomic E-state index is 0. The number of H-pyrrole nitrogens is 1. The van der Waals surface area contributed by atoms with Crippen LogP contribution in [-0.2, 0) is 6.54 Å². The summed E-state index contributed by atoms with van der Waals surface area (Å²) in [6, 6.07) is 0. The van der Waals surface area contributed by atoms with E-state index < -0.39 is 0 Å². The van der Waals surface area contributed by atoms with Gasteiger partial charge >= 0.3 is 0 Å². The van der Waals surface area contributed by atoms with Gasteiger partial charge in [-0.1, -0.05) is 6.92 Å². The molecule has 0 aromatic carbocycles. The summed E-state index contributed by atoms with van der Waals surface area (Å²) in [6.45, 7) is 4.36. The summed E-state index contributed by atoms with van der Waals surface area (Å²) in [5.74, 6) is 0. The summed E-state index contributed by atoms with van der Waals surface area (Å²) in [4.78, 5) is 7.07. The topological polar surface area (TPSA) is 40.7 Å². The van der Waals surface area contributed by atoms with Gasteiger partial charge in [-0.2, -0.15) is 0 Å². The predicted octanol–water partition coefficient (Wildman–Crippen LogP) is 2.11. The van der Waals surface area contributed by atoms with Gasteiger partial charge in [0.25, 0.3) is 0 Å². The maximum atomic E-state index is 3.98. The summed E-state index contributed by atoms with van der Waals surface area (Å²) in [5, 5.41) is 3.47. The van der Waals surface area contributed by atoms with Crippen LogP contribution in [0.5, 0.6) is 0 Å². The Balaban J connectivity index is 0.000000980. The quantitative estimate of drug-likeness (QED) is 0.790. The van der Waals surface area contributed by atoms with Gasteiger partial charge in [-0.25, -0.2) is 4.98 Å². The molecule has 4 heteroatoms. The van der Waals surface area contributed by atoms with E-state index in [1.165, 1.54) is 25.0 Å². The normalized spacial score (nSPS) is 17.5. The standard InChI is InChI=1S/C10H17N3.ClH/c1-2-10(3-4-10)7-11-5-9-6-12-8-13-9;/h6,8,11H,2-5,7H2,1H3,(H,12,13);1H. The van der Waals surface area contributed by atoms with Gasteiger partial charge in [-0.15, -0.1) is 12.4 Å². The maximum absolute atomic E-state index is 3.98. The molecule has 3 nitrogen and oxygen atoms in total. The predicted molar refractivity (Wildman–Crippen MR) is 59.5 cm³/mol. The molecule has 0 atom stereocenters. The molecule has 0 aliphatic heterocycles. The van der Waals surface area contributed by atoms with Crippen LogP contribution >= 0.6 is 12.4 Å². The third-order valence-electron chi connectivity index (χ3n) is 3.08. The molecule has 0 saturated heterocycles. The molecule has 1 heterocycles. The van der Waals surface area contributed by atoms with Gasteiger partial charge in [0.1, 0.15) is 0 Å². The van der Waals surface area contributed by atoms with Crippen molar-refractivity contribution in [3.63, 3.8) is 0 Å². The van der Waals surface area contributed by atoms with Crippen LogP contribution < -0.4 is 5.32 Å². The molecule has 2 N–H and O–H groups in total. The first kappa shape index (κ1) is 11.5. The Morgan fingerprint density at radius 1 is 1.57 bits per heavy atom. The monoisotopic (exact) mass is 215 g/mol. The zero-order chi connectivity index (χ0) is 9.15. The van der Waals surface area contributed by atoms with Crippen LogP contribution in [0.25, 0.3) is 0 Å². The Labute approximate surface area is 91.1 Å². The molecule has 1 aromatic heterocycles. The highest BCUT2D eigenvalue weighted by molar-refractivity contribution is 5.85. The largest absolute Gasteiger partial charge is 0.347 e. The third-order valence-corrected chi connectivity index (χ3v) is 3.08. The third kappa shape index (κ3) is 2.72. The molecule has 1 fully saturated rings. The van der Waals surface area contributed by atoms with Crippen molar-refractivity contribution >= 4 is 12.4 Å². The van der Waals surface area contributed by atoms with Crippen molar-refractivity contribution in [1.82, 2.24) is 15.3 Å². The molecule has 1 aliphatic rings. The minimum Gasteiger partial charge on any atom is -0.347 e. The first-order valence-corrected chi connectivity index (χ1v) is 5.03. The van der Waals surface area contributed by atoms with E-state index in [-0.39, 0.29) is 12.4 Å². The Morgan fingerprint density at radius 3 is 2.86 bits per heavy atom. The van der Waals surface area contributed by atoms with Gasteiger partial charge in [-0.05, 0) is 24.7 Å². The fraction of sp³-hybridized carbons (Fsp3) is 0.700. The average molecular weight is 216 g/mol. The second-order valence-electron chi connectivity index (χ2n) is 4.03. The van der Waals surface area contributed by atoms with Crippen LogP contribution in [0.3, 0.4) is 0 Å². The van der Waals surface area contributed by atoms with Crippen LogP contribution in [-0.4, -0.2) is 16.5 Å². The fourth-order valence-electron chi connectivity index (χ4n) is 1.68. The zero-order valence-corrected chi connectivity index (χ0v) is 9.36. The number of aromatic nitrogens is 2. The average Bonchev–Trinajstić information content (AvgIpc) is 2.74. The van der Waals surface area contributed by atoms with Crippen molar-refractivity contribution in [2.45, 2.75) is 32.7 Å². The lowest BCUT2D eigenvalue weighted by molar-refractivity contribution is 0.442. The van der Waals surface area contributed by atoms with E-state index in [2.05, 4.69) is 22.2 Å². The highest BCUT2D eigenvalue weighted by Gasteiger charge is 2.39. The van der Waals surface area contributed by atoms with Crippen LogP contribution in [0.4, 0.5) is 0 Å². The van der Waals surface area contributed by atoms with E-state index in [9.17, 15) is 0 Å². The van der Waals surface area contributed by atoms with Crippen LogP contribution in [0, 0.1) is 5.41 Å². The Bertz CT molecular complexity index is 254. The molecule has 1 aromatic rings. The molecule has 0 spiro atoms. The number of nitrogens with one attached hydrogen (secondary N) is 2. The van der Waals surface area contributed by atoms with Crippen LogP contribution in [0.15, 0.2) is 12.5 Å². The minimum absolute atomic E-state index is 0. The molecular formula is C10H18ClN3. The van der Waals surface area contributed by atoms with Crippen molar-refractivity contribution < 1.29 is 0 Å². The fourth-order valence-corrected chi connectivity index (χ4v) is 1.68. The van der Waals surface area contributed by atoms with Gasteiger partial charge < -0.3 is 10.3 Å². The lowest BCUT2D eigenvalue weighted by atomic mass is 10.0. The zero-order valence-electron chi connectivity index (χ0n) is 8.55. The van der Waals surface area contributed by atoms with E-state index in [0.29, 0.717) is 5.41 Å². The number of hydrogen-bond donors (Lipinski definition) is 2. The van der Waals surface area contributed by atoms with Crippen molar-refractivity contribution in [3.05, 3.63) is 18.2 Å². The van der Waals surface area contributed by atoms with Crippen LogP contribution in [0.2, 0.25) is 0 Å². The molecule has 0 bridgehead atoms. The molecule has 0 unspecified atom stereocenters. The number of rotatable bonds is 5. The Hall–Kier alpha value is -0.540. The number of imidazole rings is 1. The Morgan fingerprint density at radius 2 is 2.36 bits per heavy atom. The van der Waals surface area contributed by atoms with Gasteiger partial charge in [0, 0.05) is 25.0 Å². The lowest BCUT2D eigenvalue weighted by Crippen LogP contribution is -2.23. The van der Waals surface area contributed by atoms with E-state index in [0.717, 1.165) is 13.1 Å². The molecule has 0 amide bonds. The summed E-state index contributed by atoms with van der Waals surface area (Å²) in [7, 11) is 0. The molecule has 2 rings (SSSR count). The SMILES string of the molecule is CCC1(CNCc2cnc[nH]2)CC1.Cl. The second-order valence-corrected chi connectivity index (χ2v) is 4.03. The lowest BCUT2D eigenvalue weighted by Gasteiger charge is -2.12. The van der Waals surface area contributed by atoms with Crippen molar-refractivity contribution in [3.8, 4) is 0 Å². The van der Waals surface area contributed by atoms with E-state index in [1.807, 2.05) is 6.20 Å². The van der Waals surface area contributed by atoms with Gasteiger partial charge in [-0.3, -0.25) is 0 Å². The van der Waals surface area contributed by atoms with E-state index in [4.69, 9.17) is 0 Å². The van der Waals surface area contributed by atoms with E-state index in [1.54, 1.807) is 6.33 Å². The second kappa shape index (κ2) is 4.80. The molecule has 80 valence electrons. The number of halogens is 1. The van der Waals surface area contributed by atoms with Gasteiger partial charge in [0.15, 0.2) is 0 Å². The van der Waals surface area contributed by atoms with Crippen molar-refractivity contribution in [2.24, 2.45) is 5.41 Å². The van der Waals surface area contributed by atoms with Gasteiger partial charge in [0.05, 0.1) is 6.33 Å². The highest BCUT2D eigenvalue weighted by Crippen LogP contribution is 2.47. The number of aromatic amines is 1. The smallest absolute Gasteiger partial charge is 0.0922 e. The van der Waals surface area contributed by atoms with Crippen molar-refractivity contribution in [2.75, 3.05) is 6.54 Å². The summed E-state index contributed by atoms with van der Waals surface area (Å²) < 4.78 is 0. The molecule has 14 heavy (non-hydrogen) atoms. The van der Waals surface area contributed by atoms with Crippen molar-refractivity contribution in [1.29, 1.82) is 0 Å². The molecule has 0 radical (unpaired) electrons. The summed E-state index contributed by atoms with van der Waals surface area (Å²) in [6.07, 6.45) is 7.71. The highest BCUT2D eigenvalue weighted by atomic mass is 35.5. The Kier molecular flexibility index (Phi) is 3.96. The maximum Gasteiger partial charge on any atom is 0.0922 e. The van der Waals surface area contributed by atoms with E-state index >= 15 is 0 Å². The molecular weight excluding hydrogens is 198 g/mol. The molecule has 1 aliphatic carbocycles.